The van der Waals surface area contributed by atoms with Gasteiger partial charge < -0.3 is 15.0 Å². The average Bonchev–Trinajstić information content (AvgIpc) is 3.30. The van der Waals surface area contributed by atoms with E-state index in [-0.39, 0.29) is 12.0 Å². The first-order valence-electron chi connectivity index (χ1n) is 8.38. The molecule has 0 radical (unpaired) electrons. The normalized spacial score (nSPS) is 20.1. The molecule has 1 unspecified atom stereocenters. The molecule has 2 rings (SSSR count). The topological polar surface area (TPSA) is 41.6 Å². The number of carbonyl (C=O) groups is 1. The van der Waals surface area contributed by atoms with Crippen molar-refractivity contribution in [2.75, 3.05) is 26.2 Å². The molecule has 4 nitrogen and oxygen atoms in total. The van der Waals surface area contributed by atoms with Crippen LogP contribution in [0.5, 0.6) is 0 Å². The fourth-order valence-electron chi connectivity index (χ4n) is 2.63. The van der Waals surface area contributed by atoms with Gasteiger partial charge in [0.2, 0.25) is 0 Å². The monoisotopic (exact) mass is 282 g/mol. The van der Waals surface area contributed by atoms with Crippen LogP contribution in [0.3, 0.4) is 0 Å². The summed E-state index contributed by atoms with van der Waals surface area (Å²) in [6, 6.07) is 0.438. The van der Waals surface area contributed by atoms with Gasteiger partial charge in [0.1, 0.15) is 6.04 Å². The summed E-state index contributed by atoms with van der Waals surface area (Å²) in [6.45, 7) is 7.95. The highest BCUT2D eigenvalue weighted by atomic mass is 16.5. The second kappa shape index (κ2) is 7.99. The number of hydrogen-bond donors (Lipinski definition) is 1. The average molecular weight is 282 g/mol. The van der Waals surface area contributed by atoms with Crippen LogP contribution >= 0.6 is 0 Å². The molecule has 0 aromatic heterocycles. The minimum Gasteiger partial charge on any atom is -0.465 e. The Morgan fingerprint density at radius 2 is 2.00 bits per heavy atom. The first-order valence-corrected chi connectivity index (χ1v) is 8.38. The Hall–Kier alpha value is -0.610. The Balaban J connectivity index is 1.76. The van der Waals surface area contributed by atoms with Gasteiger partial charge >= 0.3 is 5.97 Å². The van der Waals surface area contributed by atoms with E-state index in [2.05, 4.69) is 17.1 Å². The van der Waals surface area contributed by atoms with Crippen LogP contribution in [0.2, 0.25) is 0 Å². The van der Waals surface area contributed by atoms with Crippen molar-refractivity contribution >= 4 is 5.97 Å². The Bertz CT molecular complexity index is 301. The van der Waals surface area contributed by atoms with Crippen LogP contribution in [0.4, 0.5) is 0 Å². The van der Waals surface area contributed by atoms with Gasteiger partial charge in [-0.1, -0.05) is 6.92 Å². The van der Waals surface area contributed by atoms with Gasteiger partial charge in [-0.15, -0.1) is 0 Å². The van der Waals surface area contributed by atoms with Crippen LogP contribution in [0.25, 0.3) is 0 Å². The minimum absolute atomic E-state index is 0.0673. The highest BCUT2D eigenvalue weighted by Crippen LogP contribution is 2.29. The second-order valence-corrected chi connectivity index (χ2v) is 6.28. The summed E-state index contributed by atoms with van der Waals surface area (Å²) in [7, 11) is 0. The van der Waals surface area contributed by atoms with E-state index in [1.165, 1.54) is 38.6 Å². The van der Waals surface area contributed by atoms with Gasteiger partial charge in [0.15, 0.2) is 0 Å². The van der Waals surface area contributed by atoms with Gasteiger partial charge in [0.05, 0.1) is 6.61 Å². The van der Waals surface area contributed by atoms with Gasteiger partial charge in [-0.25, -0.2) is 0 Å². The molecule has 0 heterocycles. The molecular weight excluding hydrogens is 252 g/mol. The molecule has 2 fully saturated rings. The third-order valence-electron chi connectivity index (χ3n) is 4.07. The maximum absolute atomic E-state index is 12.0. The van der Waals surface area contributed by atoms with E-state index in [4.69, 9.17) is 4.74 Å². The number of esters is 1. The SMILES string of the molecule is CCCN(CCC(NC1CC1)C(=O)OCC)CC1CC1. The summed E-state index contributed by atoms with van der Waals surface area (Å²) in [5.41, 5.74) is 0. The van der Waals surface area contributed by atoms with Crippen molar-refractivity contribution in [2.24, 2.45) is 5.92 Å². The highest BCUT2D eigenvalue weighted by Gasteiger charge is 2.30. The largest absolute Gasteiger partial charge is 0.465 e. The van der Waals surface area contributed by atoms with E-state index < -0.39 is 0 Å². The molecule has 0 aliphatic heterocycles. The summed E-state index contributed by atoms with van der Waals surface area (Å²) in [5.74, 6) is 0.848. The third kappa shape index (κ3) is 5.80. The fraction of sp³-hybridized carbons (Fsp3) is 0.938. The molecule has 0 saturated heterocycles. The molecule has 20 heavy (non-hydrogen) atoms. The molecule has 2 aliphatic rings. The zero-order valence-electron chi connectivity index (χ0n) is 13.1. The smallest absolute Gasteiger partial charge is 0.323 e. The van der Waals surface area contributed by atoms with Crippen LogP contribution in [-0.2, 0) is 9.53 Å². The molecule has 0 amide bonds. The zero-order valence-corrected chi connectivity index (χ0v) is 13.1. The lowest BCUT2D eigenvalue weighted by Gasteiger charge is -2.24. The molecular formula is C16H30N2O2. The lowest BCUT2D eigenvalue weighted by Crippen LogP contribution is -2.42. The minimum atomic E-state index is -0.110. The summed E-state index contributed by atoms with van der Waals surface area (Å²) in [6.07, 6.45) is 7.26. The Morgan fingerprint density at radius 1 is 1.25 bits per heavy atom. The van der Waals surface area contributed by atoms with Crippen molar-refractivity contribution < 1.29 is 9.53 Å². The van der Waals surface area contributed by atoms with E-state index >= 15 is 0 Å². The summed E-state index contributed by atoms with van der Waals surface area (Å²) in [5, 5.41) is 3.44. The summed E-state index contributed by atoms with van der Waals surface area (Å²) >= 11 is 0. The van der Waals surface area contributed by atoms with E-state index in [9.17, 15) is 4.79 Å². The van der Waals surface area contributed by atoms with Crippen LogP contribution in [0, 0.1) is 5.92 Å². The lowest BCUT2D eigenvalue weighted by atomic mass is 10.2. The molecule has 4 heteroatoms. The van der Waals surface area contributed by atoms with Crippen molar-refractivity contribution in [1.29, 1.82) is 0 Å². The Labute approximate surface area is 123 Å². The molecule has 0 bridgehead atoms. The first-order chi connectivity index (χ1) is 9.72. The second-order valence-electron chi connectivity index (χ2n) is 6.28. The Morgan fingerprint density at radius 3 is 2.55 bits per heavy atom. The van der Waals surface area contributed by atoms with Crippen molar-refractivity contribution in [3.63, 3.8) is 0 Å². The highest BCUT2D eigenvalue weighted by molar-refractivity contribution is 5.75. The number of ether oxygens (including phenoxy) is 1. The molecule has 2 saturated carbocycles. The predicted octanol–water partition coefficient (Wildman–Crippen LogP) is 2.18. The van der Waals surface area contributed by atoms with E-state index in [1.807, 2.05) is 6.92 Å². The van der Waals surface area contributed by atoms with Crippen LogP contribution in [0.15, 0.2) is 0 Å². The summed E-state index contributed by atoms with van der Waals surface area (Å²) in [4.78, 5) is 14.5. The number of nitrogens with one attached hydrogen (secondary N) is 1. The third-order valence-corrected chi connectivity index (χ3v) is 4.07. The van der Waals surface area contributed by atoms with Gasteiger partial charge in [0.25, 0.3) is 0 Å². The molecule has 2 aliphatic carbocycles. The zero-order chi connectivity index (χ0) is 14.4. The fourth-order valence-corrected chi connectivity index (χ4v) is 2.63. The van der Waals surface area contributed by atoms with E-state index in [0.717, 1.165) is 25.4 Å². The quantitative estimate of drug-likeness (QED) is 0.590. The van der Waals surface area contributed by atoms with Gasteiger partial charge in [-0.05, 0) is 57.9 Å². The molecule has 0 spiro atoms. The molecule has 0 aromatic rings. The standard InChI is InChI=1S/C16H30N2O2/c1-3-10-18(12-13-5-6-13)11-9-15(16(19)20-4-2)17-14-7-8-14/h13-15,17H,3-12H2,1-2H3. The van der Waals surface area contributed by atoms with Gasteiger partial charge in [-0.2, -0.15) is 0 Å². The van der Waals surface area contributed by atoms with Crippen molar-refractivity contribution in [3.8, 4) is 0 Å². The number of hydrogen-bond acceptors (Lipinski definition) is 4. The van der Waals surface area contributed by atoms with Crippen LogP contribution < -0.4 is 5.32 Å². The molecule has 116 valence electrons. The Kier molecular flexibility index (Phi) is 6.30. The summed E-state index contributed by atoms with van der Waals surface area (Å²) < 4.78 is 5.20. The van der Waals surface area contributed by atoms with Crippen molar-refractivity contribution in [2.45, 2.75) is 64.5 Å². The van der Waals surface area contributed by atoms with E-state index in [1.54, 1.807) is 0 Å². The van der Waals surface area contributed by atoms with Crippen LogP contribution in [0.1, 0.15) is 52.4 Å². The number of rotatable bonds is 11. The molecule has 1 atom stereocenters. The predicted molar refractivity (Wildman–Crippen MR) is 80.7 cm³/mol. The lowest BCUT2D eigenvalue weighted by molar-refractivity contribution is -0.146. The number of carbonyl (C=O) groups excluding carboxylic acids is 1. The maximum atomic E-state index is 12.0. The molecule has 1 N–H and O–H groups in total. The van der Waals surface area contributed by atoms with Gasteiger partial charge in [-0.3, -0.25) is 4.79 Å². The van der Waals surface area contributed by atoms with Crippen LogP contribution in [-0.4, -0.2) is 49.2 Å². The molecule has 0 aromatic carbocycles. The number of nitrogens with zero attached hydrogens (tertiary/aromatic N) is 1. The first kappa shape index (κ1) is 15.8. The van der Waals surface area contributed by atoms with Gasteiger partial charge in [0, 0.05) is 19.1 Å². The maximum Gasteiger partial charge on any atom is 0.323 e. The van der Waals surface area contributed by atoms with Crippen molar-refractivity contribution in [1.82, 2.24) is 10.2 Å². The van der Waals surface area contributed by atoms with E-state index in [0.29, 0.717) is 12.6 Å². The van der Waals surface area contributed by atoms with Crippen molar-refractivity contribution in [3.05, 3.63) is 0 Å².